The van der Waals surface area contributed by atoms with E-state index in [9.17, 15) is 18.0 Å². The van der Waals surface area contributed by atoms with Crippen molar-refractivity contribution in [3.8, 4) is 0 Å². The van der Waals surface area contributed by atoms with Crippen molar-refractivity contribution < 1.29 is 22.7 Å². The normalized spacial score (nSPS) is 21.1. The first kappa shape index (κ1) is 25.8. The number of carbonyl (C=O) groups excluding carboxylic acids is 1. The molecule has 1 aliphatic carbocycles. The van der Waals surface area contributed by atoms with E-state index in [2.05, 4.69) is 24.1 Å². The maximum atomic E-state index is 13.0. The number of amides is 1. The fourth-order valence-electron chi connectivity index (χ4n) is 5.13. The molecule has 2 heterocycles. The Morgan fingerprint density at radius 2 is 2.03 bits per heavy atom. The van der Waals surface area contributed by atoms with Crippen molar-refractivity contribution in [2.24, 2.45) is 5.41 Å². The van der Waals surface area contributed by atoms with E-state index in [0.717, 1.165) is 47.3 Å². The van der Waals surface area contributed by atoms with Gasteiger partial charge in [-0.1, -0.05) is 44.0 Å². The van der Waals surface area contributed by atoms with E-state index in [0.29, 0.717) is 17.1 Å². The number of pyridine rings is 1. The van der Waals surface area contributed by atoms with Gasteiger partial charge in [-0.2, -0.15) is 13.2 Å². The highest BCUT2D eigenvalue weighted by Crippen LogP contribution is 2.40. The molecular weight excluding hydrogens is 479 g/mol. The molecule has 0 bridgehead atoms. The van der Waals surface area contributed by atoms with Crippen LogP contribution in [0.1, 0.15) is 62.4 Å². The summed E-state index contributed by atoms with van der Waals surface area (Å²) in [4.78, 5) is 17.0. The average Bonchev–Trinajstić information content (AvgIpc) is 3.02. The van der Waals surface area contributed by atoms with E-state index < -0.39 is 18.3 Å². The van der Waals surface area contributed by atoms with Crippen LogP contribution in [0.2, 0.25) is 5.02 Å². The molecule has 1 aromatic heterocycles. The Hall–Kier alpha value is -2.32. The Kier molecular flexibility index (Phi) is 7.62. The molecule has 2 atom stereocenters. The maximum absolute atomic E-state index is 13.0. The molecule has 1 fully saturated rings. The summed E-state index contributed by atoms with van der Waals surface area (Å²) in [5, 5.41) is 3.91. The lowest BCUT2D eigenvalue weighted by molar-refractivity contribution is -0.185. The highest BCUT2D eigenvalue weighted by Gasteiger charge is 2.42. The van der Waals surface area contributed by atoms with Crippen LogP contribution in [0.15, 0.2) is 36.7 Å². The van der Waals surface area contributed by atoms with E-state index in [-0.39, 0.29) is 31.0 Å². The zero-order chi connectivity index (χ0) is 25.2. The van der Waals surface area contributed by atoms with E-state index in [4.69, 9.17) is 16.3 Å². The molecule has 2 aromatic rings. The number of halogens is 4. The zero-order valence-corrected chi connectivity index (χ0v) is 20.8. The first-order valence-corrected chi connectivity index (χ1v) is 12.4. The summed E-state index contributed by atoms with van der Waals surface area (Å²) in [6.07, 6.45) is 2.78. The van der Waals surface area contributed by atoms with Gasteiger partial charge in [0.05, 0.1) is 16.8 Å². The number of alkyl halides is 3. The molecule has 1 amide bonds. The molecule has 0 saturated heterocycles. The molecule has 2 aliphatic rings. The summed E-state index contributed by atoms with van der Waals surface area (Å²) in [7, 11) is 0. The standard InChI is InChI=1S/C26H31ClF3N3O2/c1-25(2)11-3-6-19(15-25)35-23(18-5-4-12-31-16-18)32-22-20-10-14-33(24(34)26(28,29)30)13-9-17(20)7-8-21(22)27/h4-5,7-8,12,16,19,23,32H,3,6,9-11,13-15H2,1-2H3. The minimum absolute atomic E-state index is 0.00606. The third-order valence-corrected chi connectivity index (χ3v) is 7.24. The number of carbonyl (C=O) groups is 1. The van der Waals surface area contributed by atoms with E-state index in [1.807, 2.05) is 18.2 Å². The molecular formula is C26H31ClF3N3O2. The third-order valence-electron chi connectivity index (χ3n) is 6.92. The fourth-order valence-corrected chi connectivity index (χ4v) is 5.36. The van der Waals surface area contributed by atoms with Crippen molar-refractivity contribution >= 4 is 23.2 Å². The van der Waals surface area contributed by atoms with Crippen molar-refractivity contribution in [3.05, 3.63) is 58.4 Å². The van der Waals surface area contributed by atoms with Gasteiger partial charge in [-0.05, 0) is 60.8 Å². The summed E-state index contributed by atoms with van der Waals surface area (Å²) in [5.74, 6) is -1.80. The molecule has 1 saturated carbocycles. The van der Waals surface area contributed by atoms with E-state index in [1.54, 1.807) is 18.5 Å². The van der Waals surface area contributed by atoms with Crippen molar-refractivity contribution in [1.29, 1.82) is 0 Å². The molecule has 4 rings (SSSR count). The summed E-state index contributed by atoms with van der Waals surface area (Å²) in [6, 6.07) is 7.34. The van der Waals surface area contributed by atoms with Crippen LogP contribution in [0.3, 0.4) is 0 Å². The topological polar surface area (TPSA) is 54.5 Å². The predicted octanol–water partition coefficient (Wildman–Crippen LogP) is 6.32. The first-order chi connectivity index (χ1) is 16.5. The van der Waals surface area contributed by atoms with E-state index >= 15 is 0 Å². The average molecular weight is 510 g/mol. The third kappa shape index (κ3) is 6.28. The lowest BCUT2D eigenvalue weighted by Crippen LogP contribution is -2.42. The number of benzene rings is 1. The second-order valence-electron chi connectivity index (χ2n) is 10.2. The molecule has 5 nitrogen and oxygen atoms in total. The molecule has 190 valence electrons. The quantitative estimate of drug-likeness (QED) is 0.479. The Balaban J connectivity index is 1.60. The van der Waals surface area contributed by atoms with Crippen molar-refractivity contribution in [2.75, 3.05) is 18.4 Å². The fraction of sp³-hybridized carbons (Fsp3) is 0.538. The van der Waals surface area contributed by atoms with Gasteiger partial charge < -0.3 is 15.0 Å². The van der Waals surface area contributed by atoms with Crippen LogP contribution < -0.4 is 5.32 Å². The lowest BCUT2D eigenvalue weighted by Gasteiger charge is -2.37. The highest BCUT2D eigenvalue weighted by molar-refractivity contribution is 6.33. The van der Waals surface area contributed by atoms with Gasteiger partial charge in [0.15, 0.2) is 6.23 Å². The number of fused-ring (bicyclic) bond motifs is 1. The van der Waals surface area contributed by atoms with Gasteiger partial charge in [0.1, 0.15) is 0 Å². The van der Waals surface area contributed by atoms with Crippen LogP contribution >= 0.6 is 11.6 Å². The minimum Gasteiger partial charge on any atom is -0.355 e. The molecule has 9 heteroatoms. The van der Waals surface area contributed by atoms with Crippen molar-refractivity contribution in [1.82, 2.24) is 9.88 Å². The van der Waals surface area contributed by atoms with Crippen molar-refractivity contribution in [3.63, 3.8) is 0 Å². The number of ether oxygens (including phenoxy) is 1. The van der Waals surface area contributed by atoms with Crippen LogP contribution in [-0.2, 0) is 22.4 Å². The Morgan fingerprint density at radius 1 is 1.26 bits per heavy atom. The second kappa shape index (κ2) is 10.3. The molecule has 1 aromatic carbocycles. The minimum atomic E-state index is -4.89. The van der Waals surface area contributed by atoms with Crippen LogP contribution in [0.4, 0.5) is 18.9 Å². The number of rotatable bonds is 5. The molecule has 1 aliphatic heterocycles. The smallest absolute Gasteiger partial charge is 0.355 e. The lowest BCUT2D eigenvalue weighted by atomic mass is 9.76. The van der Waals surface area contributed by atoms with Gasteiger partial charge >= 0.3 is 12.1 Å². The highest BCUT2D eigenvalue weighted by atomic mass is 35.5. The molecule has 0 spiro atoms. The number of aromatic nitrogens is 1. The monoisotopic (exact) mass is 509 g/mol. The van der Waals surface area contributed by atoms with Gasteiger partial charge in [-0.25, -0.2) is 0 Å². The summed E-state index contributed by atoms with van der Waals surface area (Å²) < 4.78 is 45.7. The van der Waals surface area contributed by atoms with Crippen molar-refractivity contribution in [2.45, 2.75) is 70.9 Å². The van der Waals surface area contributed by atoms with Gasteiger partial charge in [-0.3, -0.25) is 9.78 Å². The Morgan fingerprint density at radius 3 is 2.71 bits per heavy atom. The van der Waals surface area contributed by atoms with Crippen LogP contribution in [0.25, 0.3) is 0 Å². The number of nitrogens with zero attached hydrogens (tertiary/aromatic N) is 2. The maximum Gasteiger partial charge on any atom is 0.471 e. The summed E-state index contributed by atoms with van der Waals surface area (Å²) in [5.41, 5.74) is 3.36. The molecule has 2 unspecified atom stereocenters. The van der Waals surface area contributed by atoms with Gasteiger partial charge in [0.25, 0.3) is 0 Å². The molecule has 1 N–H and O–H groups in total. The number of nitrogens with one attached hydrogen (secondary N) is 1. The van der Waals surface area contributed by atoms with Gasteiger partial charge in [0, 0.05) is 31.0 Å². The van der Waals surface area contributed by atoms with Crippen LogP contribution in [-0.4, -0.2) is 41.2 Å². The van der Waals surface area contributed by atoms with Crippen LogP contribution in [0.5, 0.6) is 0 Å². The number of hydrogen-bond donors (Lipinski definition) is 1. The second-order valence-corrected chi connectivity index (χ2v) is 10.6. The Labute approximate surface area is 209 Å². The van der Waals surface area contributed by atoms with Crippen LogP contribution in [0, 0.1) is 5.41 Å². The summed E-state index contributed by atoms with van der Waals surface area (Å²) in [6.45, 7) is 4.47. The number of anilines is 1. The first-order valence-electron chi connectivity index (χ1n) is 12.0. The zero-order valence-electron chi connectivity index (χ0n) is 20.0. The SMILES string of the molecule is CC1(C)CCCC(OC(Nc2c(Cl)ccc3c2CCN(C(=O)C(F)(F)F)CC3)c2cccnc2)C1. The largest absolute Gasteiger partial charge is 0.471 e. The number of hydrogen-bond acceptors (Lipinski definition) is 4. The van der Waals surface area contributed by atoms with Gasteiger partial charge in [0.2, 0.25) is 0 Å². The molecule has 0 radical (unpaired) electrons. The van der Waals surface area contributed by atoms with E-state index in [1.165, 1.54) is 0 Å². The van der Waals surface area contributed by atoms with Gasteiger partial charge in [-0.15, -0.1) is 0 Å². The predicted molar refractivity (Wildman–Crippen MR) is 129 cm³/mol. The Bertz CT molecular complexity index is 1050. The summed E-state index contributed by atoms with van der Waals surface area (Å²) >= 11 is 6.61. The molecule has 35 heavy (non-hydrogen) atoms.